The van der Waals surface area contributed by atoms with E-state index in [1.807, 2.05) is 0 Å². The molecule has 2 N–H and O–H groups in total. The van der Waals surface area contributed by atoms with Crippen molar-refractivity contribution < 1.29 is 38.5 Å². The van der Waals surface area contributed by atoms with E-state index in [9.17, 15) is 24.3 Å². The summed E-state index contributed by atoms with van der Waals surface area (Å²) in [6.45, 7) is 1.38. The zero-order valence-electron chi connectivity index (χ0n) is 15.5. The fourth-order valence-corrected chi connectivity index (χ4v) is 2.52. The average molecular weight is 381 g/mol. The molecular weight excluding hydrogens is 358 g/mol. The fraction of sp³-hybridized carbons (Fsp3) is 0.444. The Morgan fingerprint density at radius 2 is 1.37 bits per heavy atom. The van der Waals surface area contributed by atoms with E-state index in [4.69, 9.17) is 0 Å². The second-order valence-electron chi connectivity index (χ2n) is 5.71. The van der Waals surface area contributed by atoms with Crippen LogP contribution in [-0.2, 0) is 33.4 Å². The molecule has 0 aromatic heterocycles. The van der Waals surface area contributed by atoms with E-state index < -0.39 is 47.8 Å². The molecule has 27 heavy (non-hydrogen) atoms. The summed E-state index contributed by atoms with van der Waals surface area (Å²) >= 11 is 0. The number of methoxy groups -OCH3 is 3. The van der Waals surface area contributed by atoms with Gasteiger partial charge in [-0.25, -0.2) is 4.79 Å². The Hall–Kier alpha value is -2.94. The van der Waals surface area contributed by atoms with Gasteiger partial charge in [-0.2, -0.15) is 0 Å². The lowest BCUT2D eigenvalue weighted by Crippen LogP contribution is -2.52. The second-order valence-corrected chi connectivity index (χ2v) is 5.71. The van der Waals surface area contributed by atoms with Crippen molar-refractivity contribution in [1.29, 1.82) is 0 Å². The number of hydrogen-bond donors (Lipinski definition) is 2. The van der Waals surface area contributed by atoms with Crippen LogP contribution in [0, 0.1) is 11.8 Å². The van der Waals surface area contributed by atoms with Crippen LogP contribution < -0.4 is 5.32 Å². The molecule has 0 aliphatic heterocycles. The van der Waals surface area contributed by atoms with Gasteiger partial charge in [-0.15, -0.1) is 0 Å². The molecule has 0 unspecified atom stereocenters. The van der Waals surface area contributed by atoms with E-state index in [0.717, 1.165) is 21.3 Å². The lowest BCUT2D eigenvalue weighted by atomic mass is 9.87. The van der Waals surface area contributed by atoms with Gasteiger partial charge in [0.1, 0.15) is 6.04 Å². The molecule has 1 aromatic rings. The molecule has 0 spiro atoms. The highest BCUT2D eigenvalue weighted by Gasteiger charge is 2.43. The first-order valence-electron chi connectivity index (χ1n) is 8.05. The van der Waals surface area contributed by atoms with E-state index in [0.29, 0.717) is 5.56 Å². The number of esters is 3. The highest BCUT2D eigenvalue weighted by molar-refractivity contribution is 5.96. The smallest absolute Gasteiger partial charge is 0.328 e. The molecule has 0 heterocycles. The van der Waals surface area contributed by atoms with E-state index in [-0.39, 0.29) is 0 Å². The Kier molecular flexibility index (Phi) is 8.40. The van der Waals surface area contributed by atoms with Crippen LogP contribution in [0.2, 0.25) is 0 Å². The second kappa shape index (κ2) is 10.3. The maximum absolute atomic E-state index is 12.4. The number of amides is 1. The first-order valence-corrected chi connectivity index (χ1v) is 8.05. The van der Waals surface area contributed by atoms with Gasteiger partial charge in [-0.05, 0) is 5.56 Å². The zero-order valence-corrected chi connectivity index (χ0v) is 15.5. The largest absolute Gasteiger partial charge is 0.468 e. The van der Waals surface area contributed by atoms with Crippen molar-refractivity contribution in [3.8, 4) is 0 Å². The molecule has 0 radical (unpaired) electrons. The third-order valence-corrected chi connectivity index (χ3v) is 4.08. The van der Waals surface area contributed by atoms with E-state index >= 15 is 0 Å². The lowest BCUT2D eigenvalue weighted by molar-refractivity contribution is -0.163. The van der Waals surface area contributed by atoms with Gasteiger partial charge < -0.3 is 24.6 Å². The zero-order chi connectivity index (χ0) is 20.6. The summed E-state index contributed by atoms with van der Waals surface area (Å²) in [7, 11) is 3.25. The van der Waals surface area contributed by atoms with Gasteiger partial charge in [0.25, 0.3) is 5.91 Å². The molecule has 1 amide bonds. The number of aliphatic hydroxyl groups is 1. The van der Waals surface area contributed by atoms with Crippen LogP contribution in [0.3, 0.4) is 0 Å². The van der Waals surface area contributed by atoms with Crippen molar-refractivity contribution in [2.75, 3.05) is 21.3 Å². The van der Waals surface area contributed by atoms with Gasteiger partial charge in [-0.3, -0.25) is 14.4 Å². The monoisotopic (exact) mass is 381 g/mol. The summed E-state index contributed by atoms with van der Waals surface area (Å²) in [5.41, 5.74) is 0.309. The van der Waals surface area contributed by atoms with E-state index in [2.05, 4.69) is 19.5 Å². The van der Waals surface area contributed by atoms with Gasteiger partial charge in [-0.1, -0.05) is 37.3 Å². The van der Waals surface area contributed by atoms with Gasteiger partial charge in [0.15, 0.2) is 12.0 Å². The molecule has 9 nitrogen and oxygen atoms in total. The summed E-state index contributed by atoms with van der Waals surface area (Å²) in [6.07, 6.45) is -1.56. The van der Waals surface area contributed by atoms with Crippen LogP contribution in [0.15, 0.2) is 30.3 Å². The quantitative estimate of drug-likeness (QED) is 0.365. The summed E-state index contributed by atoms with van der Waals surface area (Å²) in [5, 5.41) is 12.5. The molecule has 9 heteroatoms. The summed E-state index contributed by atoms with van der Waals surface area (Å²) in [4.78, 5) is 48.5. The van der Waals surface area contributed by atoms with E-state index in [1.165, 1.54) is 19.1 Å². The molecular formula is C18H23NO8. The predicted molar refractivity (Wildman–Crippen MR) is 92.0 cm³/mol. The minimum absolute atomic E-state index is 0.309. The maximum Gasteiger partial charge on any atom is 0.328 e. The van der Waals surface area contributed by atoms with Crippen molar-refractivity contribution in [3.63, 3.8) is 0 Å². The normalized spacial score (nSPS) is 13.9. The van der Waals surface area contributed by atoms with Crippen molar-refractivity contribution in [3.05, 3.63) is 35.9 Å². The van der Waals surface area contributed by atoms with E-state index in [1.54, 1.807) is 18.2 Å². The van der Waals surface area contributed by atoms with Crippen LogP contribution in [0.5, 0.6) is 0 Å². The molecule has 1 rings (SSSR count). The number of rotatable bonds is 8. The van der Waals surface area contributed by atoms with Crippen molar-refractivity contribution in [2.45, 2.75) is 19.1 Å². The van der Waals surface area contributed by atoms with Crippen LogP contribution >= 0.6 is 0 Å². The number of nitrogens with one attached hydrogen (secondary N) is 1. The number of carbonyl (C=O) groups is 4. The Morgan fingerprint density at radius 3 is 1.81 bits per heavy atom. The SMILES string of the molecule is COC(=O)C(C(=O)OC)[C@H](C)[C@@H](NC(=O)[C@@H](O)c1ccccc1)C(=O)OC. The van der Waals surface area contributed by atoms with Crippen molar-refractivity contribution in [1.82, 2.24) is 5.32 Å². The average Bonchev–Trinajstić information content (AvgIpc) is 2.70. The maximum atomic E-state index is 12.4. The molecule has 148 valence electrons. The number of hydrogen-bond acceptors (Lipinski definition) is 8. The van der Waals surface area contributed by atoms with Gasteiger partial charge in [0, 0.05) is 5.92 Å². The number of aliphatic hydroxyl groups excluding tert-OH is 1. The predicted octanol–water partition coefficient (Wildman–Crippen LogP) is -0.0239. The number of benzene rings is 1. The Balaban J connectivity index is 3.09. The van der Waals surface area contributed by atoms with Crippen LogP contribution in [0.4, 0.5) is 0 Å². The molecule has 0 fully saturated rings. The van der Waals surface area contributed by atoms with Crippen LogP contribution in [0.1, 0.15) is 18.6 Å². The van der Waals surface area contributed by atoms with Gasteiger partial charge in [0.2, 0.25) is 0 Å². The van der Waals surface area contributed by atoms with Crippen molar-refractivity contribution >= 4 is 23.8 Å². The summed E-state index contributed by atoms with van der Waals surface area (Å²) in [5.74, 6) is -6.18. The molecule has 0 saturated heterocycles. The molecule has 0 bridgehead atoms. The Morgan fingerprint density at radius 1 is 0.889 bits per heavy atom. The first kappa shape index (κ1) is 22.1. The third kappa shape index (κ3) is 5.52. The fourth-order valence-electron chi connectivity index (χ4n) is 2.52. The summed E-state index contributed by atoms with van der Waals surface area (Å²) in [6, 6.07) is 6.65. The molecule has 0 aliphatic rings. The van der Waals surface area contributed by atoms with Crippen LogP contribution in [-0.4, -0.2) is 56.3 Å². The molecule has 0 saturated carbocycles. The van der Waals surface area contributed by atoms with Crippen LogP contribution in [0.25, 0.3) is 0 Å². The minimum atomic E-state index is -1.56. The molecule has 0 aliphatic carbocycles. The highest BCUT2D eigenvalue weighted by atomic mass is 16.5. The Labute approximate surface area is 156 Å². The van der Waals surface area contributed by atoms with Crippen molar-refractivity contribution in [2.24, 2.45) is 11.8 Å². The Bertz CT molecular complexity index is 659. The van der Waals surface area contributed by atoms with Gasteiger partial charge in [0.05, 0.1) is 21.3 Å². The topological polar surface area (TPSA) is 128 Å². The summed E-state index contributed by atoms with van der Waals surface area (Å²) < 4.78 is 13.8. The minimum Gasteiger partial charge on any atom is -0.468 e. The van der Waals surface area contributed by atoms with Gasteiger partial charge >= 0.3 is 17.9 Å². The lowest BCUT2D eigenvalue weighted by Gasteiger charge is -2.27. The highest BCUT2D eigenvalue weighted by Crippen LogP contribution is 2.21. The standard InChI is InChI=1S/C18H23NO8/c1-10(12(16(22)25-2)17(23)26-3)13(18(24)27-4)19-15(21)14(20)11-8-6-5-7-9-11/h5-10,12-14,20H,1-4H3,(H,19,21)/t10-,13+,14-/m0/s1. The molecule has 3 atom stereocenters. The first-order chi connectivity index (χ1) is 12.8. The molecule has 1 aromatic carbocycles. The third-order valence-electron chi connectivity index (χ3n) is 4.08. The number of ether oxygens (including phenoxy) is 3. The number of carbonyl (C=O) groups excluding carboxylic acids is 4.